The van der Waals surface area contributed by atoms with Crippen LogP contribution in [0.3, 0.4) is 0 Å². The summed E-state index contributed by atoms with van der Waals surface area (Å²) in [6.45, 7) is 6.48. The molecule has 0 aliphatic heterocycles. The molecule has 44 valence electrons. The number of hydrogen-bond acceptors (Lipinski definition) is 3. The average Bonchev–Trinajstić information content (AvgIpc) is 1.68. The van der Waals surface area contributed by atoms with E-state index in [0.29, 0.717) is 0 Å². The van der Waals surface area contributed by atoms with Crippen molar-refractivity contribution in [1.82, 2.24) is 0 Å². The van der Waals surface area contributed by atoms with Gasteiger partial charge in [-0.05, 0) is 6.61 Å². The van der Waals surface area contributed by atoms with E-state index in [-0.39, 0.29) is 6.61 Å². The maximum absolute atomic E-state index is 10.1. The molecule has 0 heterocycles. The van der Waals surface area contributed by atoms with Gasteiger partial charge in [0, 0.05) is 0 Å². The van der Waals surface area contributed by atoms with Crippen LogP contribution in [0.4, 0.5) is 0 Å². The van der Waals surface area contributed by atoms with Gasteiger partial charge < -0.3 is 9.84 Å². The minimum Gasteiger partial charge on any atom is -0.595 e. The summed E-state index contributed by atoms with van der Waals surface area (Å²) in [6, 6.07) is 0. The average molecular weight is 114 g/mol. The van der Waals surface area contributed by atoms with E-state index in [2.05, 4.69) is 21.4 Å². The molecule has 0 unspecified atom stereocenters. The van der Waals surface area contributed by atoms with E-state index in [1.807, 2.05) is 0 Å². The zero-order chi connectivity index (χ0) is 6.41. The van der Waals surface area contributed by atoms with Gasteiger partial charge >= 0.3 is 6.57 Å². The first-order valence-electron chi connectivity index (χ1n) is 2.09. The van der Waals surface area contributed by atoms with Crippen LogP contribution in [0.5, 0.6) is 0 Å². The van der Waals surface area contributed by atoms with E-state index < -0.39 is 6.08 Å². The summed E-state index contributed by atoms with van der Waals surface area (Å²) < 4.78 is 4.30. The molecular weight excluding hydrogens is 108 g/mol. The molecule has 0 aliphatic rings. The highest BCUT2D eigenvalue weighted by atomic mass is 16.6. The predicted octanol–water partition coefficient (Wildman–Crippen LogP) is -0.383. The molecule has 0 atom stereocenters. The van der Waals surface area contributed by atoms with Crippen LogP contribution >= 0.6 is 0 Å². The van der Waals surface area contributed by atoms with Gasteiger partial charge in [0.05, 0.1) is 0 Å². The molecule has 0 saturated heterocycles. The topological polar surface area (TPSA) is 49.0 Å². The molecule has 0 aliphatic carbocycles. The van der Waals surface area contributed by atoms with Gasteiger partial charge in [0.15, 0.2) is 5.10 Å². The SMILES string of the molecule is C#[N+]/N=C(\[O-])OCC. The Morgan fingerprint density at radius 2 is 2.62 bits per heavy atom. The van der Waals surface area contributed by atoms with E-state index >= 15 is 0 Å². The van der Waals surface area contributed by atoms with Gasteiger partial charge in [-0.15, -0.1) is 0 Å². The Kier molecular flexibility index (Phi) is 3.32. The zero-order valence-corrected chi connectivity index (χ0v) is 4.50. The van der Waals surface area contributed by atoms with Crippen molar-refractivity contribution in [3.8, 4) is 6.57 Å². The van der Waals surface area contributed by atoms with Gasteiger partial charge in [0.2, 0.25) is 6.08 Å². The molecule has 8 heavy (non-hydrogen) atoms. The van der Waals surface area contributed by atoms with Gasteiger partial charge in [-0.25, -0.2) is 0 Å². The van der Waals surface area contributed by atoms with Crippen LogP contribution in [-0.4, -0.2) is 12.7 Å². The number of ether oxygens (including phenoxy) is 1. The smallest absolute Gasteiger partial charge is 0.307 e. The summed E-state index contributed by atoms with van der Waals surface area (Å²) in [6.07, 6.45) is -0.755. The summed E-state index contributed by atoms with van der Waals surface area (Å²) >= 11 is 0. The van der Waals surface area contributed by atoms with Gasteiger partial charge in [-0.2, -0.15) is 0 Å². The summed E-state index contributed by atoms with van der Waals surface area (Å²) in [7, 11) is 0. The van der Waals surface area contributed by atoms with Crippen LogP contribution < -0.4 is 5.11 Å². The number of nitrogens with zero attached hydrogens (tertiary/aromatic N) is 2. The lowest BCUT2D eigenvalue weighted by atomic mass is 10.9. The summed E-state index contributed by atoms with van der Waals surface area (Å²) in [5, 5.41) is 12.9. The van der Waals surface area contributed by atoms with Crippen molar-refractivity contribution < 1.29 is 9.84 Å². The molecule has 0 fully saturated rings. The van der Waals surface area contributed by atoms with Crippen LogP contribution in [-0.2, 0) is 4.74 Å². The van der Waals surface area contributed by atoms with Gasteiger partial charge in [-0.1, -0.05) is 6.92 Å². The second-order valence-electron chi connectivity index (χ2n) is 0.914. The van der Waals surface area contributed by atoms with Crippen LogP contribution in [0, 0.1) is 6.57 Å². The van der Waals surface area contributed by atoms with Gasteiger partial charge in [-0.3, -0.25) is 0 Å². The summed E-state index contributed by atoms with van der Waals surface area (Å²) in [5.74, 6) is 0. The first-order valence-corrected chi connectivity index (χ1v) is 2.09. The van der Waals surface area contributed by atoms with Crippen LogP contribution in [0.15, 0.2) is 5.10 Å². The van der Waals surface area contributed by atoms with E-state index in [0.717, 1.165) is 0 Å². The maximum atomic E-state index is 10.1. The lowest BCUT2D eigenvalue weighted by molar-refractivity contribution is -0.249. The first kappa shape index (κ1) is 6.76. The molecule has 4 nitrogen and oxygen atoms in total. The van der Waals surface area contributed by atoms with Crippen LogP contribution in [0.2, 0.25) is 0 Å². The van der Waals surface area contributed by atoms with Crippen molar-refractivity contribution in [2.75, 3.05) is 6.61 Å². The van der Waals surface area contributed by atoms with E-state index in [4.69, 9.17) is 0 Å². The first-order chi connectivity index (χ1) is 3.81. The Balaban J connectivity index is 3.49. The summed E-state index contributed by atoms with van der Waals surface area (Å²) in [4.78, 5) is 2.70. The molecule has 0 aromatic carbocycles. The molecule has 0 radical (unpaired) electrons. The Morgan fingerprint density at radius 1 is 2.00 bits per heavy atom. The minimum absolute atomic E-state index is 0.290. The Hall–Kier alpha value is -1.24. The number of rotatable bonds is 1. The zero-order valence-electron chi connectivity index (χ0n) is 4.50. The molecule has 0 rings (SSSR count). The third-order valence-corrected chi connectivity index (χ3v) is 0.407. The predicted molar refractivity (Wildman–Crippen MR) is 27.4 cm³/mol. The van der Waals surface area contributed by atoms with Crippen molar-refractivity contribution in [1.29, 1.82) is 0 Å². The van der Waals surface area contributed by atoms with E-state index in [1.54, 1.807) is 6.92 Å². The lowest BCUT2D eigenvalue weighted by Gasteiger charge is -2.02. The van der Waals surface area contributed by atoms with Gasteiger partial charge in [0.25, 0.3) is 0 Å². The van der Waals surface area contributed by atoms with E-state index in [1.165, 1.54) is 0 Å². The maximum Gasteiger partial charge on any atom is 0.307 e. The third-order valence-electron chi connectivity index (χ3n) is 0.407. The van der Waals surface area contributed by atoms with Crippen molar-refractivity contribution in [3.05, 3.63) is 4.95 Å². The quantitative estimate of drug-likeness (QED) is 0.265. The lowest BCUT2D eigenvalue weighted by Crippen LogP contribution is -2.20. The van der Waals surface area contributed by atoms with Crippen LogP contribution in [0.25, 0.3) is 4.95 Å². The standard InChI is InChI=1S/C4H6N2O2/c1-3-8-4(7)6-5-2/h2H,3H2,1H3. The second kappa shape index (κ2) is 3.93. The fourth-order valence-electron chi connectivity index (χ4n) is 0.199. The molecule has 0 spiro atoms. The monoisotopic (exact) mass is 114 g/mol. The normalized spacial score (nSPS) is 10.2. The van der Waals surface area contributed by atoms with Gasteiger partial charge in [0.1, 0.15) is 4.95 Å². The third kappa shape index (κ3) is 2.97. The largest absolute Gasteiger partial charge is 0.595 e. The summed E-state index contributed by atoms with van der Waals surface area (Å²) in [5.41, 5.74) is 0. The molecule has 0 N–H and O–H groups in total. The highest BCUT2D eigenvalue weighted by Gasteiger charge is 1.81. The Morgan fingerprint density at radius 3 is 3.00 bits per heavy atom. The highest BCUT2D eigenvalue weighted by molar-refractivity contribution is 5.61. The fraction of sp³-hybridized carbons (Fsp3) is 0.500. The second-order valence-corrected chi connectivity index (χ2v) is 0.914. The molecule has 4 heteroatoms. The van der Waals surface area contributed by atoms with Crippen molar-refractivity contribution >= 4 is 6.08 Å². The van der Waals surface area contributed by atoms with Crippen molar-refractivity contribution in [3.63, 3.8) is 0 Å². The molecular formula is C4H6N2O2. The van der Waals surface area contributed by atoms with Crippen molar-refractivity contribution in [2.24, 2.45) is 5.10 Å². The Bertz CT molecular complexity index is 124. The molecule has 0 aromatic rings. The minimum atomic E-state index is -0.755. The fourth-order valence-corrected chi connectivity index (χ4v) is 0.199. The molecule has 0 saturated carbocycles. The van der Waals surface area contributed by atoms with E-state index in [9.17, 15) is 5.11 Å². The molecule has 0 amide bonds. The van der Waals surface area contributed by atoms with Crippen LogP contribution in [0.1, 0.15) is 6.92 Å². The van der Waals surface area contributed by atoms with Crippen molar-refractivity contribution in [2.45, 2.75) is 6.92 Å². The molecule has 0 aromatic heterocycles. The Labute approximate surface area is 47.2 Å². The molecule has 0 bridgehead atoms. The highest BCUT2D eigenvalue weighted by Crippen LogP contribution is 1.73. The number of hydrogen-bond donors (Lipinski definition) is 0.